The zero-order valence-corrected chi connectivity index (χ0v) is 16.6. The van der Waals surface area contributed by atoms with Gasteiger partial charge in [0.05, 0.1) is 17.6 Å². The minimum absolute atomic E-state index is 0.0531. The second-order valence-electron chi connectivity index (χ2n) is 6.17. The van der Waals surface area contributed by atoms with E-state index < -0.39 is 18.0 Å². The molecule has 0 bridgehead atoms. The summed E-state index contributed by atoms with van der Waals surface area (Å²) in [6.45, 7) is 5.36. The normalized spacial score (nSPS) is 11.7. The number of aryl methyl sites for hydroxylation is 2. The second kappa shape index (κ2) is 8.71. The molecule has 3 rings (SSSR count). The number of thiazole rings is 1. The van der Waals surface area contributed by atoms with Crippen LogP contribution in [0.5, 0.6) is 0 Å². The summed E-state index contributed by atoms with van der Waals surface area (Å²) in [5, 5.41) is 4.99. The minimum Gasteiger partial charge on any atom is -0.448 e. The number of anilines is 1. The van der Waals surface area contributed by atoms with Gasteiger partial charge in [0, 0.05) is 17.1 Å². The zero-order valence-electron chi connectivity index (χ0n) is 15.8. The lowest BCUT2D eigenvalue weighted by Gasteiger charge is -2.11. The molecule has 144 valence electrons. The van der Waals surface area contributed by atoms with Crippen molar-refractivity contribution >= 4 is 28.3 Å². The molecule has 1 N–H and O–H groups in total. The van der Waals surface area contributed by atoms with Gasteiger partial charge < -0.3 is 4.74 Å². The number of carbonyl (C=O) groups excluding carboxylic acids is 2. The van der Waals surface area contributed by atoms with Gasteiger partial charge in [0.1, 0.15) is 0 Å². The first-order valence-electron chi connectivity index (χ1n) is 8.81. The van der Waals surface area contributed by atoms with E-state index in [0.717, 1.165) is 17.7 Å². The van der Waals surface area contributed by atoms with Crippen molar-refractivity contribution in [2.24, 2.45) is 0 Å². The highest BCUT2D eigenvalue weighted by Crippen LogP contribution is 2.25. The molecule has 28 heavy (non-hydrogen) atoms. The second-order valence-corrected chi connectivity index (χ2v) is 7.03. The van der Waals surface area contributed by atoms with E-state index in [1.54, 1.807) is 6.92 Å². The summed E-state index contributed by atoms with van der Waals surface area (Å²) in [4.78, 5) is 36.7. The molecule has 3 aromatic rings. The SMILES string of the molecule is CCc1ccc(-c2csc(NC(=O)[C@H](C)OC(=O)c3cnc(C)cn3)n2)cc1. The summed E-state index contributed by atoms with van der Waals surface area (Å²) in [5.41, 5.74) is 3.75. The lowest BCUT2D eigenvalue weighted by Crippen LogP contribution is -2.30. The number of ether oxygens (including phenoxy) is 1. The molecule has 8 heteroatoms. The van der Waals surface area contributed by atoms with Crippen molar-refractivity contribution in [3.8, 4) is 11.3 Å². The summed E-state index contributed by atoms with van der Waals surface area (Å²) < 4.78 is 5.15. The van der Waals surface area contributed by atoms with Crippen LogP contribution in [0, 0.1) is 6.92 Å². The highest BCUT2D eigenvalue weighted by molar-refractivity contribution is 7.14. The molecule has 0 spiro atoms. The Morgan fingerprint density at radius 1 is 1.18 bits per heavy atom. The van der Waals surface area contributed by atoms with Gasteiger partial charge in [-0.05, 0) is 25.8 Å². The van der Waals surface area contributed by atoms with Gasteiger partial charge in [0.25, 0.3) is 5.91 Å². The molecule has 2 aromatic heterocycles. The zero-order chi connectivity index (χ0) is 20.1. The van der Waals surface area contributed by atoms with Crippen LogP contribution in [0.15, 0.2) is 42.0 Å². The molecule has 0 aliphatic carbocycles. The molecule has 0 aliphatic rings. The Morgan fingerprint density at radius 2 is 1.93 bits per heavy atom. The monoisotopic (exact) mass is 396 g/mol. The number of esters is 1. The van der Waals surface area contributed by atoms with Crippen molar-refractivity contribution in [2.75, 3.05) is 5.32 Å². The maximum atomic E-state index is 12.3. The molecule has 0 aliphatic heterocycles. The fourth-order valence-electron chi connectivity index (χ4n) is 2.35. The average Bonchev–Trinajstić information content (AvgIpc) is 3.17. The molecule has 1 atom stereocenters. The Hall–Kier alpha value is -3.13. The summed E-state index contributed by atoms with van der Waals surface area (Å²) in [6, 6.07) is 8.13. The van der Waals surface area contributed by atoms with Gasteiger partial charge in [0.2, 0.25) is 0 Å². The standard InChI is InChI=1S/C20H20N4O3S/c1-4-14-5-7-15(8-6-14)17-11-28-20(23-17)24-18(25)13(3)27-19(26)16-10-21-12(2)9-22-16/h5-11,13H,4H2,1-3H3,(H,23,24,25)/t13-/m0/s1. The molecule has 0 saturated heterocycles. The van der Waals surface area contributed by atoms with E-state index in [1.807, 2.05) is 17.5 Å². The fraction of sp³-hybridized carbons (Fsp3) is 0.250. The number of nitrogens with zero attached hydrogens (tertiary/aromatic N) is 3. The van der Waals surface area contributed by atoms with Gasteiger partial charge in [-0.3, -0.25) is 15.1 Å². The molecule has 1 amide bonds. The van der Waals surface area contributed by atoms with E-state index in [-0.39, 0.29) is 5.69 Å². The van der Waals surface area contributed by atoms with Crippen LogP contribution in [0.25, 0.3) is 11.3 Å². The molecular formula is C20H20N4O3S. The Bertz CT molecular complexity index is 968. The van der Waals surface area contributed by atoms with E-state index in [0.29, 0.717) is 10.8 Å². The van der Waals surface area contributed by atoms with Crippen molar-refractivity contribution in [3.63, 3.8) is 0 Å². The van der Waals surface area contributed by atoms with Gasteiger partial charge in [-0.15, -0.1) is 11.3 Å². The van der Waals surface area contributed by atoms with E-state index >= 15 is 0 Å². The predicted octanol–water partition coefficient (Wildman–Crippen LogP) is 3.65. The molecule has 0 unspecified atom stereocenters. The topological polar surface area (TPSA) is 94.1 Å². The Labute approximate surface area is 166 Å². The van der Waals surface area contributed by atoms with Crippen LogP contribution >= 0.6 is 11.3 Å². The molecular weight excluding hydrogens is 376 g/mol. The van der Waals surface area contributed by atoms with Crippen LogP contribution in [-0.2, 0) is 16.0 Å². The summed E-state index contributed by atoms with van der Waals surface area (Å²) in [6.07, 6.45) is 2.76. The van der Waals surface area contributed by atoms with Crippen LogP contribution in [0.1, 0.15) is 35.6 Å². The first-order valence-corrected chi connectivity index (χ1v) is 9.69. The smallest absolute Gasteiger partial charge is 0.359 e. The van der Waals surface area contributed by atoms with Crippen molar-refractivity contribution < 1.29 is 14.3 Å². The highest BCUT2D eigenvalue weighted by Gasteiger charge is 2.21. The van der Waals surface area contributed by atoms with E-state index in [2.05, 4.69) is 39.3 Å². The first-order chi connectivity index (χ1) is 13.5. The number of hydrogen-bond acceptors (Lipinski definition) is 7. The number of hydrogen-bond donors (Lipinski definition) is 1. The Kier molecular flexibility index (Phi) is 6.10. The third-order valence-electron chi connectivity index (χ3n) is 4.04. The lowest BCUT2D eigenvalue weighted by atomic mass is 10.1. The largest absolute Gasteiger partial charge is 0.448 e. The Morgan fingerprint density at radius 3 is 2.57 bits per heavy atom. The van der Waals surface area contributed by atoms with Crippen molar-refractivity contribution in [1.29, 1.82) is 0 Å². The predicted molar refractivity (Wildman–Crippen MR) is 107 cm³/mol. The highest BCUT2D eigenvalue weighted by atomic mass is 32.1. The van der Waals surface area contributed by atoms with Gasteiger partial charge in [-0.2, -0.15) is 0 Å². The van der Waals surface area contributed by atoms with Crippen molar-refractivity contribution in [2.45, 2.75) is 33.3 Å². The molecule has 7 nitrogen and oxygen atoms in total. The van der Waals surface area contributed by atoms with Gasteiger partial charge in [-0.25, -0.2) is 14.8 Å². The molecule has 1 aromatic carbocycles. The summed E-state index contributed by atoms with van der Waals surface area (Å²) in [7, 11) is 0. The lowest BCUT2D eigenvalue weighted by molar-refractivity contribution is -0.123. The maximum absolute atomic E-state index is 12.3. The number of rotatable bonds is 6. The number of benzene rings is 1. The van der Waals surface area contributed by atoms with E-state index in [4.69, 9.17) is 4.74 Å². The van der Waals surface area contributed by atoms with Gasteiger partial charge in [0.15, 0.2) is 16.9 Å². The maximum Gasteiger partial charge on any atom is 0.359 e. The van der Waals surface area contributed by atoms with E-state index in [9.17, 15) is 9.59 Å². The number of aromatic nitrogens is 3. The molecule has 0 fully saturated rings. The third-order valence-corrected chi connectivity index (χ3v) is 4.79. The molecule has 2 heterocycles. The summed E-state index contributed by atoms with van der Waals surface area (Å²) in [5.74, 6) is -1.17. The average molecular weight is 396 g/mol. The van der Waals surface area contributed by atoms with Gasteiger partial charge >= 0.3 is 5.97 Å². The van der Waals surface area contributed by atoms with E-state index in [1.165, 1.54) is 36.2 Å². The molecule has 0 radical (unpaired) electrons. The fourth-order valence-corrected chi connectivity index (χ4v) is 3.08. The summed E-state index contributed by atoms with van der Waals surface area (Å²) >= 11 is 1.31. The van der Waals surface area contributed by atoms with Crippen LogP contribution in [0.3, 0.4) is 0 Å². The van der Waals surface area contributed by atoms with Crippen LogP contribution in [-0.4, -0.2) is 32.9 Å². The van der Waals surface area contributed by atoms with Gasteiger partial charge in [-0.1, -0.05) is 31.2 Å². The first kappa shape index (κ1) is 19.6. The van der Waals surface area contributed by atoms with Crippen molar-refractivity contribution in [3.05, 3.63) is 59.0 Å². The number of carbonyl (C=O) groups is 2. The van der Waals surface area contributed by atoms with Crippen molar-refractivity contribution in [1.82, 2.24) is 15.0 Å². The van der Waals surface area contributed by atoms with Crippen LogP contribution in [0.4, 0.5) is 5.13 Å². The number of nitrogens with one attached hydrogen (secondary N) is 1. The number of amides is 1. The molecule has 0 saturated carbocycles. The third kappa shape index (κ3) is 4.77. The quantitative estimate of drug-likeness (QED) is 0.639. The Balaban J connectivity index is 1.60. The minimum atomic E-state index is -0.994. The van der Waals surface area contributed by atoms with Crippen LogP contribution in [0.2, 0.25) is 0 Å². The van der Waals surface area contributed by atoms with Crippen LogP contribution < -0.4 is 5.32 Å².